The minimum atomic E-state index is -0.331. The number of hydrogen-bond acceptors (Lipinski definition) is 3. The Balaban J connectivity index is 2.43. The van der Waals surface area contributed by atoms with E-state index >= 15 is 0 Å². The Kier molecular flexibility index (Phi) is 1.39. The van der Waals surface area contributed by atoms with Crippen molar-refractivity contribution in [2.75, 3.05) is 6.54 Å². The SMILES string of the molecule is O=[C][C@@H]1CC(=O)CN1. The number of carbonyl (C=O) groups is 1. The van der Waals surface area contributed by atoms with Gasteiger partial charge in [-0.2, -0.15) is 0 Å². The molecule has 1 atom stereocenters. The van der Waals surface area contributed by atoms with Gasteiger partial charge >= 0.3 is 0 Å². The molecular weight excluding hydrogens is 106 g/mol. The Hall–Kier alpha value is -0.700. The fraction of sp³-hybridized carbons (Fsp3) is 0.600. The first-order valence-corrected chi connectivity index (χ1v) is 2.45. The average Bonchev–Trinajstić information content (AvgIpc) is 2.14. The molecule has 3 nitrogen and oxygen atoms in total. The topological polar surface area (TPSA) is 46.2 Å². The second kappa shape index (κ2) is 2.05. The second-order valence-electron chi connectivity index (χ2n) is 1.79. The van der Waals surface area contributed by atoms with E-state index in [1.165, 1.54) is 0 Å². The zero-order chi connectivity index (χ0) is 5.98. The van der Waals surface area contributed by atoms with E-state index in [9.17, 15) is 9.59 Å². The number of carbonyl (C=O) groups excluding carboxylic acids is 2. The van der Waals surface area contributed by atoms with Gasteiger partial charge in [0.2, 0.25) is 6.29 Å². The van der Waals surface area contributed by atoms with Crippen LogP contribution in [0, 0.1) is 0 Å². The molecule has 8 heavy (non-hydrogen) atoms. The Bertz CT molecular complexity index is 122. The van der Waals surface area contributed by atoms with E-state index in [-0.39, 0.29) is 11.8 Å². The highest BCUT2D eigenvalue weighted by molar-refractivity contribution is 5.87. The van der Waals surface area contributed by atoms with Crippen LogP contribution in [-0.4, -0.2) is 24.7 Å². The van der Waals surface area contributed by atoms with E-state index in [1.54, 1.807) is 6.29 Å². The van der Waals surface area contributed by atoms with Crippen LogP contribution in [-0.2, 0) is 9.59 Å². The Labute approximate surface area is 47.1 Å². The molecule has 1 rings (SSSR count). The number of ketones is 1. The highest BCUT2D eigenvalue weighted by atomic mass is 16.1. The molecule has 1 radical (unpaired) electrons. The van der Waals surface area contributed by atoms with Gasteiger partial charge in [0.05, 0.1) is 12.6 Å². The van der Waals surface area contributed by atoms with Crippen molar-refractivity contribution in [3.63, 3.8) is 0 Å². The average molecular weight is 112 g/mol. The highest BCUT2D eigenvalue weighted by Crippen LogP contribution is 1.96. The number of Topliss-reactive ketones (excluding diaryl/α,β-unsaturated/α-hetero) is 1. The van der Waals surface area contributed by atoms with Crippen LogP contribution in [0.5, 0.6) is 0 Å². The molecule has 1 aliphatic rings. The molecule has 0 unspecified atom stereocenters. The monoisotopic (exact) mass is 112 g/mol. The molecule has 0 saturated carbocycles. The van der Waals surface area contributed by atoms with Gasteiger partial charge in [-0.3, -0.25) is 14.9 Å². The summed E-state index contributed by atoms with van der Waals surface area (Å²) in [7, 11) is 0. The second-order valence-corrected chi connectivity index (χ2v) is 1.79. The summed E-state index contributed by atoms with van der Waals surface area (Å²) in [6.45, 7) is 0.333. The molecule has 0 bridgehead atoms. The maximum absolute atomic E-state index is 10.4. The lowest BCUT2D eigenvalue weighted by molar-refractivity contribution is -0.116. The number of nitrogens with one attached hydrogen (secondary N) is 1. The highest BCUT2D eigenvalue weighted by Gasteiger charge is 2.20. The summed E-state index contributed by atoms with van der Waals surface area (Å²) in [5.74, 6) is 0.0957. The zero-order valence-corrected chi connectivity index (χ0v) is 4.31. The van der Waals surface area contributed by atoms with Gasteiger partial charge in [0, 0.05) is 6.42 Å². The van der Waals surface area contributed by atoms with Crippen LogP contribution in [0.15, 0.2) is 0 Å². The number of rotatable bonds is 1. The van der Waals surface area contributed by atoms with Crippen LogP contribution in [0.4, 0.5) is 0 Å². The predicted molar refractivity (Wildman–Crippen MR) is 27.1 cm³/mol. The van der Waals surface area contributed by atoms with Gasteiger partial charge in [0.15, 0.2) is 0 Å². The summed E-state index contributed by atoms with van der Waals surface area (Å²) in [6.07, 6.45) is 2.04. The lowest BCUT2D eigenvalue weighted by Gasteiger charge is -1.90. The third kappa shape index (κ3) is 0.924. The number of hydrogen-bond donors (Lipinski definition) is 1. The van der Waals surface area contributed by atoms with Crippen molar-refractivity contribution in [2.24, 2.45) is 0 Å². The molecule has 3 heteroatoms. The van der Waals surface area contributed by atoms with E-state index in [2.05, 4.69) is 5.32 Å². The Morgan fingerprint density at radius 1 is 1.75 bits per heavy atom. The fourth-order valence-corrected chi connectivity index (χ4v) is 0.692. The third-order valence-corrected chi connectivity index (χ3v) is 1.12. The van der Waals surface area contributed by atoms with Crippen LogP contribution in [0.2, 0.25) is 0 Å². The minimum Gasteiger partial charge on any atom is -0.300 e. The first kappa shape index (κ1) is 5.44. The zero-order valence-electron chi connectivity index (χ0n) is 4.31. The lowest BCUT2D eigenvalue weighted by Crippen LogP contribution is -2.22. The van der Waals surface area contributed by atoms with Crippen molar-refractivity contribution >= 4 is 12.1 Å². The normalized spacial score (nSPS) is 28.5. The van der Waals surface area contributed by atoms with Crippen LogP contribution in [0.25, 0.3) is 0 Å². The van der Waals surface area contributed by atoms with Gasteiger partial charge in [0.25, 0.3) is 0 Å². The summed E-state index contributed by atoms with van der Waals surface area (Å²) in [5.41, 5.74) is 0. The molecule has 0 aromatic rings. The van der Waals surface area contributed by atoms with Gasteiger partial charge in [0.1, 0.15) is 5.78 Å². The molecule has 1 heterocycles. The van der Waals surface area contributed by atoms with Crippen molar-refractivity contribution in [1.82, 2.24) is 5.32 Å². The smallest absolute Gasteiger partial charge is 0.217 e. The van der Waals surface area contributed by atoms with Crippen molar-refractivity contribution in [2.45, 2.75) is 12.5 Å². The molecule has 43 valence electrons. The Morgan fingerprint density at radius 3 is 2.75 bits per heavy atom. The van der Waals surface area contributed by atoms with E-state index in [1.807, 2.05) is 0 Å². The minimum absolute atomic E-state index is 0.0957. The summed E-state index contributed by atoms with van der Waals surface area (Å²) in [5, 5.41) is 2.68. The molecule has 0 aliphatic carbocycles. The molecule has 1 fully saturated rings. The largest absolute Gasteiger partial charge is 0.300 e. The molecular formula is C5H6NO2. The first-order valence-electron chi connectivity index (χ1n) is 2.45. The standard InChI is InChI=1S/C5H6NO2/c7-3-4-1-5(8)2-6-4/h4,6H,1-2H2/t4-/m0/s1. The maximum atomic E-state index is 10.4. The summed E-state index contributed by atoms with van der Waals surface area (Å²) < 4.78 is 0. The fourth-order valence-electron chi connectivity index (χ4n) is 0.692. The molecule has 1 N–H and O–H groups in total. The van der Waals surface area contributed by atoms with Crippen molar-refractivity contribution < 1.29 is 9.59 Å². The van der Waals surface area contributed by atoms with Crippen molar-refractivity contribution in [3.05, 3.63) is 0 Å². The quantitative estimate of drug-likeness (QED) is 0.474. The van der Waals surface area contributed by atoms with Crippen LogP contribution in [0.1, 0.15) is 6.42 Å². The van der Waals surface area contributed by atoms with E-state index < -0.39 is 0 Å². The molecule has 0 spiro atoms. The molecule has 0 amide bonds. The summed E-state index contributed by atoms with van der Waals surface area (Å²) >= 11 is 0. The van der Waals surface area contributed by atoms with Gasteiger partial charge in [-0.1, -0.05) is 0 Å². The van der Waals surface area contributed by atoms with E-state index in [0.717, 1.165) is 0 Å². The Morgan fingerprint density at radius 2 is 2.50 bits per heavy atom. The maximum Gasteiger partial charge on any atom is 0.217 e. The first-order chi connectivity index (χ1) is 3.83. The molecule has 1 aliphatic heterocycles. The lowest BCUT2D eigenvalue weighted by atomic mass is 10.2. The van der Waals surface area contributed by atoms with Crippen LogP contribution < -0.4 is 5.32 Å². The predicted octanol–water partition coefficient (Wildman–Crippen LogP) is -0.973. The van der Waals surface area contributed by atoms with Gasteiger partial charge in [-0.25, -0.2) is 0 Å². The van der Waals surface area contributed by atoms with Gasteiger partial charge < -0.3 is 0 Å². The van der Waals surface area contributed by atoms with Gasteiger partial charge in [-0.15, -0.1) is 0 Å². The van der Waals surface area contributed by atoms with Gasteiger partial charge in [-0.05, 0) is 0 Å². The molecule has 1 saturated heterocycles. The third-order valence-electron chi connectivity index (χ3n) is 1.12. The van der Waals surface area contributed by atoms with Crippen molar-refractivity contribution in [1.29, 1.82) is 0 Å². The van der Waals surface area contributed by atoms with Crippen LogP contribution >= 0.6 is 0 Å². The van der Waals surface area contributed by atoms with E-state index in [0.29, 0.717) is 13.0 Å². The van der Waals surface area contributed by atoms with E-state index in [4.69, 9.17) is 0 Å². The molecule has 0 aromatic carbocycles. The van der Waals surface area contributed by atoms with Crippen molar-refractivity contribution in [3.8, 4) is 0 Å². The molecule has 0 aromatic heterocycles. The summed E-state index contributed by atoms with van der Waals surface area (Å²) in [4.78, 5) is 20.2. The van der Waals surface area contributed by atoms with Crippen LogP contribution in [0.3, 0.4) is 0 Å². The summed E-state index contributed by atoms with van der Waals surface area (Å²) in [6, 6.07) is -0.331.